The molecule has 1 aliphatic rings. The van der Waals surface area contributed by atoms with Crippen LogP contribution in [-0.2, 0) is 6.42 Å². The van der Waals surface area contributed by atoms with Gasteiger partial charge in [-0.2, -0.15) is 0 Å². The minimum atomic E-state index is 0.340. The number of piperidine rings is 1. The second kappa shape index (κ2) is 4.86. The van der Waals surface area contributed by atoms with E-state index in [2.05, 4.69) is 18.3 Å². The molecule has 2 heterocycles. The summed E-state index contributed by atoms with van der Waals surface area (Å²) in [5.41, 5.74) is 0.340. The summed E-state index contributed by atoms with van der Waals surface area (Å²) < 4.78 is 0.909. The van der Waals surface area contributed by atoms with Gasteiger partial charge in [-0.25, -0.2) is 0 Å². The highest BCUT2D eigenvalue weighted by Gasteiger charge is 2.30. The van der Waals surface area contributed by atoms with Crippen LogP contribution >= 0.6 is 22.9 Å². The highest BCUT2D eigenvalue weighted by Crippen LogP contribution is 2.31. The Balaban J connectivity index is 2.06. The summed E-state index contributed by atoms with van der Waals surface area (Å²) in [6.07, 6.45) is 6.34. The first-order valence-corrected chi connectivity index (χ1v) is 6.93. The van der Waals surface area contributed by atoms with Gasteiger partial charge in [-0.3, -0.25) is 0 Å². The fourth-order valence-corrected chi connectivity index (χ4v) is 3.62. The van der Waals surface area contributed by atoms with Crippen LogP contribution in [0.3, 0.4) is 0 Å². The Kier molecular flexibility index (Phi) is 3.70. The number of hydrogen-bond donors (Lipinski definition) is 1. The van der Waals surface area contributed by atoms with Gasteiger partial charge in [0.2, 0.25) is 0 Å². The molecule has 1 aromatic heterocycles. The summed E-state index contributed by atoms with van der Waals surface area (Å²) in [5, 5.41) is 3.70. The lowest BCUT2D eigenvalue weighted by Crippen LogP contribution is -2.49. The molecule has 1 saturated heterocycles. The van der Waals surface area contributed by atoms with Crippen LogP contribution in [0.2, 0.25) is 4.34 Å². The van der Waals surface area contributed by atoms with E-state index in [4.69, 9.17) is 11.6 Å². The standard InChI is InChI=1S/C12H18ClNS/c1-2-12(7-3-4-8-14-12)9-10-5-6-11(13)15-10/h5-6,14H,2-4,7-9H2,1H3. The molecule has 1 N–H and O–H groups in total. The lowest BCUT2D eigenvalue weighted by Gasteiger charge is -2.37. The zero-order chi connectivity index (χ0) is 10.7. The molecule has 0 saturated carbocycles. The number of nitrogens with one attached hydrogen (secondary N) is 1. The summed E-state index contributed by atoms with van der Waals surface area (Å²) in [5.74, 6) is 0. The van der Waals surface area contributed by atoms with Crippen LogP contribution in [-0.4, -0.2) is 12.1 Å². The van der Waals surface area contributed by atoms with E-state index in [0.29, 0.717) is 5.54 Å². The van der Waals surface area contributed by atoms with Gasteiger partial charge < -0.3 is 5.32 Å². The third kappa shape index (κ3) is 2.74. The van der Waals surface area contributed by atoms with E-state index in [1.807, 2.05) is 6.07 Å². The first-order chi connectivity index (χ1) is 7.24. The van der Waals surface area contributed by atoms with E-state index < -0.39 is 0 Å². The zero-order valence-electron chi connectivity index (χ0n) is 9.18. The van der Waals surface area contributed by atoms with Gasteiger partial charge in [0, 0.05) is 10.4 Å². The largest absolute Gasteiger partial charge is 0.311 e. The van der Waals surface area contributed by atoms with Crippen molar-refractivity contribution in [3.63, 3.8) is 0 Å². The van der Waals surface area contributed by atoms with Crippen LogP contribution < -0.4 is 5.32 Å². The first-order valence-electron chi connectivity index (χ1n) is 5.73. The molecular weight excluding hydrogens is 226 g/mol. The fourth-order valence-electron chi connectivity index (χ4n) is 2.39. The summed E-state index contributed by atoms with van der Waals surface area (Å²) in [4.78, 5) is 1.41. The van der Waals surface area contributed by atoms with Gasteiger partial charge in [0.1, 0.15) is 0 Å². The van der Waals surface area contributed by atoms with Crippen molar-refractivity contribution in [3.05, 3.63) is 21.3 Å². The van der Waals surface area contributed by atoms with Gasteiger partial charge in [-0.1, -0.05) is 24.9 Å². The van der Waals surface area contributed by atoms with Gasteiger partial charge in [0.25, 0.3) is 0 Å². The summed E-state index contributed by atoms with van der Waals surface area (Å²) >= 11 is 7.69. The molecule has 0 aromatic carbocycles. The van der Waals surface area contributed by atoms with Crippen LogP contribution in [0.4, 0.5) is 0 Å². The number of thiophene rings is 1. The maximum Gasteiger partial charge on any atom is 0.0931 e. The Labute approximate surface area is 101 Å². The Morgan fingerprint density at radius 1 is 1.47 bits per heavy atom. The molecule has 0 bridgehead atoms. The fraction of sp³-hybridized carbons (Fsp3) is 0.667. The highest BCUT2D eigenvalue weighted by molar-refractivity contribution is 7.16. The van der Waals surface area contributed by atoms with Gasteiger partial charge in [0.05, 0.1) is 4.34 Å². The first kappa shape index (κ1) is 11.4. The van der Waals surface area contributed by atoms with Crippen molar-refractivity contribution in [2.45, 2.75) is 44.6 Å². The number of hydrogen-bond acceptors (Lipinski definition) is 2. The number of rotatable bonds is 3. The monoisotopic (exact) mass is 243 g/mol. The molecule has 3 heteroatoms. The Morgan fingerprint density at radius 2 is 2.33 bits per heavy atom. The van der Waals surface area contributed by atoms with E-state index in [0.717, 1.165) is 10.8 Å². The third-order valence-electron chi connectivity index (χ3n) is 3.40. The van der Waals surface area contributed by atoms with E-state index in [1.54, 1.807) is 11.3 Å². The Bertz CT molecular complexity index is 315. The normalized spacial score (nSPS) is 26.8. The van der Waals surface area contributed by atoms with Crippen molar-refractivity contribution in [1.29, 1.82) is 0 Å². The SMILES string of the molecule is CCC1(Cc2ccc(Cl)s2)CCCCN1. The van der Waals surface area contributed by atoms with Crippen LogP contribution in [0.15, 0.2) is 12.1 Å². The quantitative estimate of drug-likeness (QED) is 0.850. The van der Waals surface area contributed by atoms with Crippen molar-refractivity contribution in [1.82, 2.24) is 5.32 Å². The molecule has 1 unspecified atom stereocenters. The molecule has 0 radical (unpaired) electrons. The molecule has 1 atom stereocenters. The summed E-state index contributed by atoms with van der Waals surface area (Å²) in [6, 6.07) is 4.18. The highest BCUT2D eigenvalue weighted by atomic mass is 35.5. The lowest BCUT2D eigenvalue weighted by molar-refractivity contribution is 0.244. The lowest BCUT2D eigenvalue weighted by atomic mass is 9.83. The molecule has 1 aromatic rings. The second-order valence-electron chi connectivity index (χ2n) is 4.40. The van der Waals surface area contributed by atoms with E-state index in [1.165, 1.54) is 37.1 Å². The average Bonchev–Trinajstić information content (AvgIpc) is 2.65. The summed E-state index contributed by atoms with van der Waals surface area (Å²) in [7, 11) is 0. The minimum Gasteiger partial charge on any atom is -0.311 e. The topological polar surface area (TPSA) is 12.0 Å². The van der Waals surface area contributed by atoms with Gasteiger partial charge >= 0.3 is 0 Å². The molecule has 15 heavy (non-hydrogen) atoms. The predicted octanol–water partition coefficient (Wildman–Crippen LogP) is 3.87. The van der Waals surface area contributed by atoms with E-state index in [9.17, 15) is 0 Å². The Morgan fingerprint density at radius 3 is 2.87 bits per heavy atom. The van der Waals surface area contributed by atoms with Gasteiger partial charge in [-0.05, 0) is 44.4 Å². The summed E-state index contributed by atoms with van der Waals surface area (Å²) in [6.45, 7) is 3.46. The minimum absolute atomic E-state index is 0.340. The second-order valence-corrected chi connectivity index (χ2v) is 6.20. The van der Waals surface area contributed by atoms with Crippen LogP contribution in [0, 0.1) is 0 Å². The van der Waals surface area contributed by atoms with Crippen molar-refractivity contribution >= 4 is 22.9 Å². The molecule has 1 fully saturated rings. The van der Waals surface area contributed by atoms with Crippen molar-refractivity contribution in [2.24, 2.45) is 0 Å². The molecule has 2 rings (SSSR count). The van der Waals surface area contributed by atoms with E-state index in [-0.39, 0.29) is 0 Å². The van der Waals surface area contributed by atoms with Crippen molar-refractivity contribution in [2.75, 3.05) is 6.54 Å². The zero-order valence-corrected chi connectivity index (χ0v) is 10.8. The molecule has 0 amide bonds. The van der Waals surface area contributed by atoms with Gasteiger partial charge in [0.15, 0.2) is 0 Å². The average molecular weight is 244 g/mol. The number of halogens is 1. The van der Waals surface area contributed by atoms with Gasteiger partial charge in [-0.15, -0.1) is 11.3 Å². The van der Waals surface area contributed by atoms with Crippen molar-refractivity contribution in [3.8, 4) is 0 Å². The van der Waals surface area contributed by atoms with Crippen molar-refractivity contribution < 1.29 is 0 Å². The molecule has 0 spiro atoms. The predicted molar refractivity (Wildman–Crippen MR) is 67.9 cm³/mol. The molecule has 1 nitrogen and oxygen atoms in total. The van der Waals surface area contributed by atoms with Crippen LogP contribution in [0.25, 0.3) is 0 Å². The smallest absolute Gasteiger partial charge is 0.0931 e. The molecule has 0 aliphatic carbocycles. The maximum atomic E-state index is 5.96. The van der Waals surface area contributed by atoms with Crippen LogP contribution in [0.5, 0.6) is 0 Å². The van der Waals surface area contributed by atoms with Crippen LogP contribution in [0.1, 0.15) is 37.5 Å². The molecule has 84 valence electrons. The Hall–Kier alpha value is -0.0500. The molecule has 1 aliphatic heterocycles. The molecular formula is C12H18ClNS. The third-order valence-corrected chi connectivity index (χ3v) is 4.63. The van der Waals surface area contributed by atoms with E-state index >= 15 is 0 Å². The maximum absolute atomic E-state index is 5.96.